The number of nitrogens with zero attached hydrogens (tertiary/aromatic N) is 3. The standard InChI is InChI=1S/C18H20N4O6S/c1-13(21(29(3,26)27)15-7-5-4-6-8-15)18(23)20-19-12-14-9-10-17(28-2)16(11-14)22(24)25/h4-13H,1-3H3,(H,20,23)/b19-12-. The van der Waals surface area contributed by atoms with E-state index in [1.165, 1.54) is 38.4 Å². The van der Waals surface area contributed by atoms with Crippen molar-refractivity contribution >= 4 is 33.5 Å². The lowest BCUT2D eigenvalue weighted by Crippen LogP contribution is -2.46. The molecule has 2 aromatic carbocycles. The zero-order valence-electron chi connectivity index (χ0n) is 16.0. The lowest BCUT2D eigenvalue weighted by Gasteiger charge is -2.27. The topological polar surface area (TPSA) is 131 Å². The van der Waals surface area contributed by atoms with E-state index in [9.17, 15) is 23.3 Å². The molecule has 10 nitrogen and oxygen atoms in total. The van der Waals surface area contributed by atoms with E-state index >= 15 is 0 Å². The van der Waals surface area contributed by atoms with E-state index < -0.39 is 26.9 Å². The Labute approximate surface area is 168 Å². The molecule has 0 aliphatic rings. The van der Waals surface area contributed by atoms with Crippen molar-refractivity contribution in [2.75, 3.05) is 17.7 Å². The summed E-state index contributed by atoms with van der Waals surface area (Å²) in [5, 5.41) is 14.8. The maximum atomic E-state index is 12.4. The van der Waals surface area contributed by atoms with Crippen LogP contribution in [0.1, 0.15) is 12.5 Å². The maximum Gasteiger partial charge on any atom is 0.311 e. The van der Waals surface area contributed by atoms with Crippen LogP contribution in [0.4, 0.5) is 11.4 Å². The molecule has 0 radical (unpaired) electrons. The number of benzene rings is 2. The molecule has 1 N–H and O–H groups in total. The van der Waals surface area contributed by atoms with Gasteiger partial charge in [-0.3, -0.25) is 19.2 Å². The van der Waals surface area contributed by atoms with Crippen molar-refractivity contribution in [2.24, 2.45) is 5.10 Å². The number of hydrazone groups is 1. The van der Waals surface area contributed by atoms with E-state index in [-0.39, 0.29) is 11.4 Å². The Morgan fingerprint density at radius 1 is 1.28 bits per heavy atom. The Balaban J connectivity index is 2.17. The fourth-order valence-corrected chi connectivity index (χ4v) is 3.75. The molecule has 0 bridgehead atoms. The van der Waals surface area contributed by atoms with Crippen molar-refractivity contribution in [2.45, 2.75) is 13.0 Å². The number of para-hydroxylation sites is 1. The predicted octanol–water partition coefficient (Wildman–Crippen LogP) is 1.91. The summed E-state index contributed by atoms with van der Waals surface area (Å²) in [5.74, 6) is -0.574. The van der Waals surface area contributed by atoms with E-state index in [0.717, 1.165) is 10.6 Å². The van der Waals surface area contributed by atoms with Crippen LogP contribution in [0, 0.1) is 10.1 Å². The summed E-state index contributed by atoms with van der Waals surface area (Å²) in [6.45, 7) is 1.43. The van der Waals surface area contributed by atoms with Crippen LogP contribution in [-0.4, -0.2) is 44.9 Å². The van der Waals surface area contributed by atoms with Gasteiger partial charge in [-0.2, -0.15) is 5.10 Å². The normalized spacial score (nSPS) is 12.4. The number of hydrogen-bond acceptors (Lipinski definition) is 7. The number of hydrogen-bond donors (Lipinski definition) is 1. The molecule has 0 saturated carbocycles. The number of anilines is 1. The van der Waals surface area contributed by atoms with Crippen LogP contribution in [0.15, 0.2) is 53.6 Å². The highest BCUT2D eigenvalue weighted by Gasteiger charge is 2.28. The first-order chi connectivity index (χ1) is 13.6. The molecule has 0 aliphatic carbocycles. The first-order valence-electron chi connectivity index (χ1n) is 8.35. The van der Waals surface area contributed by atoms with Crippen LogP contribution in [-0.2, 0) is 14.8 Å². The first-order valence-corrected chi connectivity index (χ1v) is 10.2. The summed E-state index contributed by atoms with van der Waals surface area (Å²) < 4.78 is 30.2. The van der Waals surface area contributed by atoms with Gasteiger partial charge in [0.15, 0.2) is 5.75 Å². The third-order valence-electron chi connectivity index (χ3n) is 3.89. The monoisotopic (exact) mass is 420 g/mol. The van der Waals surface area contributed by atoms with Crippen molar-refractivity contribution in [3.63, 3.8) is 0 Å². The minimum Gasteiger partial charge on any atom is -0.490 e. The highest BCUT2D eigenvalue weighted by atomic mass is 32.2. The highest BCUT2D eigenvalue weighted by molar-refractivity contribution is 7.92. The molecule has 0 spiro atoms. The van der Waals surface area contributed by atoms with Crippen LogP contribution in [0.5, 0.6) is 5.75 Å². The van der Waals surface area contributed by atoms with Gasteiger partial charge in [-0.25, -0.2) is 13.8 Å². The average Bonchev–Trinajstić information content (AvgIpc) is 2.67. The molecule has 0 fully saturated rings. The van der Waals surface area contributed by atoms with Crippen LogP contribution >= 0.6 is 0 Å². The quantitative estimate of drug-likeness (QED) is 0.394. The summed E-state index contributed by atoms with van der Waals surface area (Å²) in [4.78, 5) is 22.9. The van der Waals surface area contributed by atoms with Gasteiger partial charge in [0.25, 0.3) is 5.91 Å². The molecule has 0 aliphatic heterocycles. The van der Waals surface area contributed by atoms with Gasteiger partial charge in [-0.15, -0.1) is 0 Å². The van der Waals surface area contributed by atoms with E-state index in [0.29, 0.717) is 11.3 Å². The van der Waals surface area contributed by atoms with E-state index in [2.05, 4.69) is 10.5 Å². The molecule has 0 saturated heterocycles. The summed E-state index contributed by atoms with van der Waals surface area (Å²) in [6, 6.07) is 11.3. The number of ether oxygens (including phenoxy) is 1. The van der Waals surface area contributed by atoms with Gasteiger partial charge in [0.2, 0.25) is 10.0 Å². The molecule has 1 amide bonds. The second-order valence-corrected chi connectivity index (χ2v) is 7.85. The van der Waals surface area contributed by atoms with Gasteiger partial charge in [0.05, 0.1) is 30.2 Å². The zero-order chi connectivity index (χ0) is 21.6. The molecule has 2 aromatic rings. The number of nitro groups is 1. The minimum absolute atomic E-state index is 0.0939. The third kappa shape index (κ3) is 5.51. The number of nitrogens with one attached hydrogen (secondary N) is 1. The lowest BCUT2D eigenvalue weighted by molar-refractivity contribution is -0.385. The van der Waals surface area contributed by atoms with Crippen LogP contribution in [0.3, 0.4) is 0 Å². The number of nitro benzene ring substituents is 1. The summed E-state index contributed by atoms with van der Waals surface area (Å²) in [6.07, 6.45) is 2.22. The lowest BCUT2D eigenvalue weighted by atomic mass is 10.2. The van der Waals surface area contributed by atoms with E-state index in [1.54, 1.807) is 30.3 Å². The Hall–Kier alpha value is -3.47. The van der Waals surface area contributed by atoms with Crippen LogP contribution in [0.2, 0.25) is 0 Å². The molecule has 2 rings (SSSR count). The van der Waals surface area contributed by atoms with Gasteiger partial charge in [0, 0.05) is 11.6 Å². The van der Waals surface area contributed by atoms with Crippen molar-refractivity contribution in [3.8, 4) is 5.75 Å². The summed E-state index contributed by atoms with van der Waals surface area (Å²) in [5.41, 5.74) is 2.70. The number of amides is 1. The van der Waals surface area contributed by atoms with E-state index in [1.807, 2.05) is 0 Å². The highest BCUT2D eigenvalue weighted by Crippen LogP contribution is 2.26. The second-order valence-electron chi connectivity index (χ2n) is 5.99. The van der Waals surface area contributed by atoms with Gasteiger partial charge in [0.1, 0.15) is 6.04 Å². The van der Waals surface area contributed by atoms with Crippen LogP contribution < -0.4 is 14.5 Å². The van der Waals surface area contributed by atoms with Gasteiger partial charge < -0.3 is 4.74 Å². The minimum atomic E-state index is -3.73. The number of carbonyl (C=O) groups excluding carboxylic acids is 1. The smallest absolute Gasteiger partial charge is 0.311 e. The van der Waals surface area contributed by atoms with E-state index in [4.69, 9.17) is 4.74 Å². The molecule has 154 valence electrons. The fourth-order valence-electron chi connectivity index (χ4n) is 2.58. The first kappa shape index (κ1) is 21.8. The van der Waals surface area contributed by atoms with Gasteiger partial charge in [-0.05, 0) is 31.2 Å². The van der Waals surface area contributed by atoms with Crippen molar-refractivity contribution in [1.29, 1.82) is 0 Å². The number of methoxy groups -OCH3 is 1. The Bertz CT molecular complexity index is 1020. The number of rotatable bonds is 8. The predicted molar refractivity (Wildman–Crippen MR) is 109 cm³/mol. The average molecular weight is 420 g/mol. The van der Waals surface area contributed by atoms with Crippen LogP contribution in [0.25, 0.3) is 0 Å². The zero-order valence-corrected chi connectivity index (χ0v) is 16.8. The molecular formula is C18H20N4O6S. The van der Waals surface area contributed by atoms with Crippen molar-refractivity contribution < 1.29 is 22.9 Å². The molecule has 0 heterocycles. The summed E-state index contributed by atoms with van der Waals surface area (Å²) >= 11 is 0. The fraction of sp³-hybridized carbons (Fsp3) is 0.222. The Morgan fingerprint density at radius 3 is 2.48 bits per heavy atom. The second kappa shape index (κ2) is 9.15. The van der Waals surface area contributed by atoms with Gasteiger partial charge in [-0.1, -0.05) is 18.2 Å². The Morgan fingerprint density at radius 2 is 1.93 bits per heavy atom. The SMILES string of the molecule is COc1ccc(/C=N\NC(=O)C(C)N(c2ccccc2)S(C)(=O)=O)cc1[N+](=O)[O-]. The molecule has 11 heteroatoms. The largest absolute Gasteiger partial charge is 0.490 e. The summed E-state index contributed by atoms with van der Waals surface area (Å²) in [7, 11) is -2.41. The molecular weight excluding hydrogens is 400 g/mol. The molecule has 1 unspecified atom stereocenters. The molecule has 0 aromatic heterocycles. The molecule has 1 atom stereocenters. The molecule has 29 heavy (non-hydrogen) atoms. The third-order valence-corrected chi connectivity index (χ3v) is 5.13. The van der Waals surface area contributed by atoms with Gasteiger partial charge >= 0.3 is 5.69 Å². The number of carbonyl (C=O) groups is 1. The maximum absolute atomic E-state index is 12.4. The Kier molecular flexibility index (Phi) is 6.89. The van der Waals surface area contributed by atoms with Crippen molar-refractivity contribution in [3.05, 3.63) is 64.2 Å². The van der Waals surface area contributed by atoms with Crippen molar-refractivity contribution in [1.82, 2.24) is 5.43 Å². The number of sulfonamides is 1.